The number of rotatable bonds is 7. The molecule has 2 aromatic rings. The lowest BCUT2D eigenvalue weighted by atomic mass is 10.2. The molecule has 0 atom stereocenters. The number of benzene rings is 2. The maximum atomic E-state index is 11.9. The van der Waals surface area contributed by atoms with E-state index in [0.717, 1.165) is 0 Å². The highest BCUT2D eigenvalue weighted by Crippen LogP contribution is 2.25. The molecule has 0 aliphatic heterocycles. The Morgan fingerprint density at radius 3 is 2.22 bits per heavy atom. The van der Waals surface area contributed by atoms with E-state index in [1.807, 2.05) is 6.07 Å². The number of amides is 3. The number of para-hydroxylation sites is 1. The highest BCUT2D eigenvalue weighted by atomic mass is 35.5. The van der Waals surface area contributed by atoms with Crippen molar-refractivity contribution in [1.29, 1.82) is 0 Å². The predicted molar refractivity (Wildman–Crippen MR) is 103 cm³/mol. The van der Waals surface area contributed by atoms with E-state index in [0.29, 0.717) is 21.5 Å². The van der Waals surface area contributed by atoms with Gasteiger partial charge in [-0.05, 0) is 30.3 Å². The average molecular weight is 410 g/mol. The molecular weight excluding hydrogens is 393 g/mol. The van der Waals surface area contributed by atoms with Gasteiger partial charge >= 0.3 is 0 Å². The summed E-state index contributed by atoms with van der Waals surface area (Å²) in [5, 5.41) is 3.32. The van der Waals surface area contributed by atoms with Gasteiger partial charge in [-0.3, -0.25) is 25.2 Å². The van der Waals surface area contributed by atoms with E-state index < -0.39 is 17.7 Å². The van der Waals surface area contributed by atoms with Crippen LogP contribution in [0.25, 0.3) is 0 Å². The van der Waals surface area contributed by atoms with Gasteiger partial charge in [-0.2, -0.15) is 0 Å². The van der Waals surface area contributed by atoms with Gasteiger partial charge in [0.25, 0.3) is 5.91 Å². The van der Waals surface area contributed by atoms with Gasteiger partial charge in [-0.1, -0.05) is 41.4 Å². The number of anilines is 1. The first-order chi connectivity index (χ1) is 12.9. The number of halogens is 2. The Hall–Kier alpha value is -2.77. The van der Waals surface area contributed by atoms with Crippen molar-refractivity contribution in [1.82, 2.24) is 10.9 Å². The SMILES string of the molecule is O=C(CCC(=O)Nc1ccc(Cl)cc1Cl)NNC(=O)COc1ccccc1. The van der Waals surface area contributed by atoms with Gasteiger partial charge < -0.3 is 10.1 Å². The summed E-state index contributed by atoms with van der Waals surface area (Å²) in [6, 6.07) is 13.4. The van der Waals surface area contributed by atoms with Gasteiger partial charge in [0.2, 0.25) is 11.8 Å². The summed E-state index contributed by atoms with van der Waals surface area (Å²) in [7, 11) is 0. The normalized spacial score (nSPS) is 10.0. The van der Waals surface area contributed by atoms with Crippen LogP contribution in [0.2, 0.25) is 10.0 Å². The maximum Gasteiger partial charge on any atom is 0.276 e. The smallest absolute Gasteiger partial charge is 0.276 e. The van der Waals surface area contributed by atoms with Crippen molar-refractivity contribution in [2.24, 2.45) is 0 Å². The molecule has 2 aromatic carbocycles. The van der Waals surface area contributed by atoms with Crippen molar-refractivity contribution >= 4 is 46.6 Å². The lowest BCUT2D eigenvalue weighted by Gasteiger charge is -2.09. The molecule has 9 heteroatoms. The van der Waals surface area contributed by atoms with E-state index in [1.165, 1.54) is 6.07 Å². The van der Waals surface area contributed by atoms with Gasteiger partial charge in [0, 0.05) is 17.9 Å². The Labute approximate surface area is 166 Å². The van der Waals surface area contributed by atoms with Crippen LogP contribution in [0, 0.1) is 0 Å². The third-order valence-electron chi connectivity index (χ3n) is 3.24. The fraction of sp³-hybridized carbons (Fsp3) is 0.167. The molecule has 0 bridgehead atoms. The number of hydrogen-bond donors (Lipinski definition) is 3. The van der Waals surface area contributed by atoms with Crippen molar-refractivity contribution in [3.63, 3.8) is 0 Å². The van der Waals surface area contributed by atoms with Crippen molar-refractivity contribution in [3.8, 4) is 5.75 Å². The van der Waals surface area contributed by atoms with E-state index in [-0.39, 0.29) is 19.4 Å². The molecule has 0 heterocycles. The number of hydrogen-bond acceptors (Lipinski definition) is 4. The first-order valence-electron chi connectivity index (χ1n) is 7.94. The monoisotopic (exact) mass is 409 g/mol. The van der Waals surface area contributed by atoms with Crippen molar-refractivity contribution in [2.75, 3.05) is 11.9 Å². The molecule has 0 aliphatic carbocycles. The molecule has 0 radical (unpaired) electrons. The van der Waals surface area contributed by atoms with Crippen LogP contribution in [0.3, 0.4) is 0 Å². The second kappa shape index (κ2) is 10.4. The second-order valence-corrected chi connectivity index (χ2v) is 6.21. The summed E-state index contributed by atoms with van der Waals surface area (Å²) in [5.41, 5.74) is 4.83. The van der Waals surface area contributed by atoms with Crippen LogP contribution >= 0.6 is 23.2 Å². The Morgan fingerprint density at radius 2 is 1.52 bits per heavy atom. The minimum absolute atomic E-state index is 0.0822. The number of carbonyl (C=O) groups excluding carboxylic acids is 3. The minimum atomic E-state index is -0.524. The zero-order valence-electron chi connectivity index (χ0n) is 14.1. The first kappa shape index (κ1) is 20.5. The number of carbonyl (C=O) groups is 3. The van der Waals surface area contributed by atoms with Crippen molar-refractivity contribution in [2.45, 2.75) is 12.8 Å². The van der Waals surface area contributed by atoms with E-state index in [1.54, 1.807) is 36.4 Å². The maximum absolute atomic E-state index is 11.9. The third kappa shape index (κ3) is 7.55. The molecule has 3 amide bonds. The van der Waals surface area contributed by atoms with Gasteiger partial charge in [0.15, 0.2) is 6.61 Å². The summed E-state index contributed by atoms with van der Waals surface area (Å²) in [4.78, 5) is 35.2. The van der Waals surface area contributed by atoms with Gasteiger partial charge in [-0.15, -0.1) is 0 Å². The number of hydrazine groups is 1. The number of nitrogens with one attached hydrogen (secondary N) is 3. The van der Waals surface area contributed by atoms with Crippen LogP contribution in [0.5, 0.6) is 5.75 Å². The van der Waals surface area contributed by atoms with Crippen molar-refractivity contribution < 1.29 is 19.1 Å². The Kier molecular flexibility index (Phi) is 7.91. The molecule has 142 valence electrons. The average Bonchev–Trinajstić information content (AvgIpc) is 2.66. The highest BCUT2D eigenvalue weighted by molar-refractivity contribution is 6.36. The zero-order chi connectivity index (χ0) is 19.6. The van der Waals surface area contributed by atoms with E-state index >= 15 is 0 Å². The Bertz CT molecular complexity index is 816. The molecule has 0 aliphatic rings. The lowest BCUT2D eigenvalue weighted by Crippen LogP contribution is -2.44. The molecule has 0 saturated carbocycles. The summed E-state index contributed by atoms with van der Waals surface area (Å²) >= 11 is 11.7. The highest BCUT2D eigenvalue weighted by Gasteiger charge is 2.10. The summed E-state index contributed by atoms with van der Waals surface area (Å²) in [5.74, 6) is -0.894. The quantitative estimate of drug-likeness (QED) is 0.612. The van der Waals surface area contributed by atoms with Crippen LogP contribution in [0.15, 0.2) is 48.5 Å². The fourth-order valence-corrected chi connectivity index (χ4v) is 2.39. The topological polar surface area (TPSA) is 96.5 Å². The second-order valence-electron chi connectivity index (χ2n) is 5.37. The van der Waals surface area contributed by atoms with Crippen LogP contribution in [-0.2, 0) is 14.4 Å². The van der Waals surface area contributed by atoms with Gasteiger partial charge in [0.1, 0.15) is 5.75 Å². The van der Waals surface area contributed by atoms with Gasteiger partial charge in [0.05, 0.1) is 10.7 Å². The Balaban J connectivity index is 1.65. The number of ether oxygens (including phenoxy) is 1. The minimum Gasteiger partial charge on any atom is -0.484 e. The molecule has 0 spiro atoms. The summed E-state index contributed by atoms with van der Waals surface area (Å²) in [6.45, 7) is -0.250. The third-order valence-corrected chi connectivity index (χ3v) is 3.79. The van der Waals surface area contributed by atoms with E-state index in [9.17, 15) is 14.4 Å². The lowest BCUT2D eigenvalue weighted by molar-refractivity contribution is -0.130. The van der Waals surface area contributed by atoms with E-state index in [2.05, 4.69) is 16.2 Å². The molecule has 0 fully saturated rings. The molecule has 0 aromatic heterocycles. The molecule has 0 saturated heterocycles. The molecular formula is C18H17Cl2N3O4. The zero-order valence-corrected chi connectivity index (χ0v) is 15.6. The van der Waals surface area contributed by atoms with Crippen molar-refractivity contribution in [3.05, 3.63) is 58.6 Å². The van der Waals surface area contributed by atoms with Gasteiger partial charge in [-0.25, -0.2) is 0 Å². The molecule has 27 heavy (non-hydrogen) atoms. The largest absolute Gasteiger partial charge is 0.484 e. The molecule has 7 nitrogen and oxygen atoms in total. The molecule has 2 rings (SSSR count). The standard InChI is InChI=1S/C18H17Cl2N3O4/c19-12-6-7-15(14(20)10-12)21-16(24)8-9-17(25)22-23-18(26)11-27-13-4-2-1-3-5-13/h1-7,10H,8-9,11H2,(H,21,24)(H,22,25)(H,23,26). The predicted octanol–water partition coefficient (Wildman–Crippen LogP) is 2.94. The van der Waals surface area contributed by atoms with E-state index in [4.69, 9.17) is 27.9 Å². The Morgan fingerprint density at radius 1 is 0.852 bits per heavy atom. The summed E-state index contributed by atoms with van der Waals surface area (Å²) in [6.07, 6.45) is -0.196. The van der Waals surface area contributed by atoms with Crippen LogP contribution in [-0.4, -0.2) is 24.3 Å². The molecule has 0 unspecified atom stereocenters. The van der Waals surface area contributed by atoms with Crippen LogP contribution in [0.4, 0.5) is 5.69 Å². The first-order valence-corrected chi connectivity index (χ1v) is 8.70. The van der Waals surface area contributed by atoms with Crippen LogP contribution < -0.4 is 20.9 Å². The van der Waals surface area contributed by atoms with Crippen LogP contribution in [0.1, 0.15) is 12.8 Å². The summed E-state index contributed by atoms with van der Waals surface area (Å²) < 4.78 is 5.23. The fourth-order valence-electron chi connectivity index (χ4n) is 1.93. The molecule has 3 N–H and O–H groups in total.